The highest BCUT2D eigenvalue weighted by Gasteiger charge is 2.19. The normalized spacial score (nSPS) is 12.6. The minimum Gasteiger partial charge on any atom is -0.308 e. The second-order valence-corrected chi connectivity index (χ2v) is 7.42. The molecule has 0 saturated heterocycles. The Labute approximate surface area is 146 Å². The van der Waals surface area contributed by atoms with E-state index in [1.165, 1.54) is 4.90 Å². The van der Waals surface area contributed by atoms with E-state index in [1.807, 2.05) is 23.5 Å². The molecule has 21 heavy (non-hydrogen) atoms. The number of halogens is 2. The summed E-state index contributed by atoms with van der Waals surface area (Å²) in [5.74, 6) is 0.932. The van der Waals surface area contributed by atoms with Crippen molar-refractivity contribution >= 4 is 43.6 Å². The molecule has 1 aromatic carbocycles. The van der Waals surface area contributed by atoms with Gasteiger partial charge in [-0.2, -0.15) is 0 Å². The van der Waals surface area contributed by atoms with Crippen molar-refractivity contribution in [2.75, 3.05) is 12.3 Å². The molecule has 0 aliphatic heterocycles. The molecule has 1 unspecified atom stereocenters. The van der Waals surface area contributed by atoms with Crippen LogP contribution in [0.1, 0.15) is 25.1 Å². The molecule has 0 radical (unpaired) electrons. The molecule has 4 nitrogen and oxygen atoms in total. The van der Waals surface area contributed by atoms with Crippen LogP contribution in [0.2, 0.25) is 0 Å². The molecule has 114 valence electrons. The molecule has 2 rings (SSSR count). The van der Waals surface area contributed by atoms with E-state index in [0.717, 1.165) is 33.5 Å². The van der Waals surface area contributed by atoms with Gasteiger partial charge < -0.3 is 5.32 Å². The van der Waals surface area contributed by atoms with E-state index in [-0.39, 0.29) is 6.04 Å². The van der Waals surface area contributed by atoms with Crippen molar-refractivity contribution in [3.05, 3.63) is 39.0 Å². The Morgan fingerprint density at radius 3 is 2.57 bits per heavy atom. The minimum atomic E-state index is 0.216. The van der Waals surface area contributed by atoms with Crippen LogP contribution in [0.4, 0.5) is 0 Å². The molecule has 0 saturated carbocycles. The quantitative estimate of drug-likeness (QED) is 0.665. The average molecular weight is 434 g/mol. The lowest BCUT2D eigenvalue weighted by Gasteiger charge is -2.18. The molecular formula is C14H18Br2N4S. The van der Waals surface area contributed by atoms with Crippen molar-refractivity contribution in [3.8, 4) is 0 Å². The fraction of sp³-hybridized carbons (Fsp3) is 0.429. The van der Waals surface area contributed by atoms with Crippen LogP contribution in [0.25, 0.3) is 0 Å². The molecule has 1 N–H and O–H groups in total. The van der Waals surface area contributed by atoms with Crippen molar-refractivity contribution in [1.29, 1.82) is 0 Å². The number of aryl methyl sites for hydroxylation is 1. The maximum atomic E-state index is 4.09. The first-order valence-electron chi connectivity index (χ1n) is 6.78. The van der Waals surface area contributed by atoms with Gasteiger partial charge in [0, 0.05) is 22.2 Å². The average Bonchev–Trinajstić information content (AvgIpc) is 2.81. The highest BCUT2D eigenvalue weighted by molar-refractivity contribution is 9.10. The lowest BCUT2D eigenvalue weighted by Crippen LogP contribution is -2.26. The molecule has 1 atom stereocenters. The first-order chi connectivity index (χ1) is 10.1. The van der Waals surface area contributed by atoms with Crippen molar-refractivity contribution in [2.45, 2.75) is 24.3 Å². The van der Waals surface area contributed by atoms with Gasteiger partial charge in [-0.1, -0.05) is 28.1 Å². The zero-order valence-electron chi connectivity index (χ0n) is 12.0. The Bertz CT molecular complexity index is 551. The monoisotopic (exact) mass is 432 g/mol. The van der Waals surface area contributed by atoms with E-state index in [0.29, 0.717) is 0 Å². The number of hydrogen-bond donors (Lipinski definition) is 1. The first-order valence-corrected chi connectivity index (χ1v) is 9.35. The highest BCUT2D eigenvalue weighted by Crippen LogP contribution is 2.28. The zero-order chi connectivity index (χ0) is 15.2. The summed E-state index contributed by atoms with van der Waals surface area (Å²) in [5, 5.41) is 11.7. The van der Waals surface area contributed by atoms with Crippen molar-refractivity contribution < 1.29 is 0 Å². The lowest BCUT2D eigenvalue weighted by atomic mass is 10.2. The fourth-order valence-electron chi connectivity index (χ4n) is 1.97. The molecule has 1 heterocycles. The number of benzene rings is 1. The van der Waals surface area contributed by atoms with Crippen LogP contribution >= 0.6 is 43.6 Å². The fourth-order valence-corrected chi connectivity index (χ4v) is 3.80. The predicted molar refractivity (Wildman–Crippen MR) is 94.6 cm³/mol. The van der Waals surface area contributed by atoms with Crippen LogP contribution in [-0.2, 0) is 7.05 Å². The SMILES string of the molecule is CCCNC(CSc1ccc(Br)cc1)c1c(Br)nnn1C. The van der Waals surface area contributed by atoms with Gasteiger partial charge in [-0.25, -0.2) is 4.68 Å². The van der Waals surface area contributed by atoms with E-state index in [4.69, 9.17) is 0 Å². The van der Waals surface area contributed by atoms with Gasteiger partial charge >= 0.3 is 0 Å². The van der Waals surface area contributed by atoms with Crippen molar-refractivity contribution in [2.24, 2.45) is 7.05 Å². The number of nitrogens with zero attached hydrogens (tertiary/aromatic N) is 3. The zero-order valence-corrected chi connectivity index (χ0v) is 16.0. The van der Waals surface area contributed by atoms with Gasteiger partial charge in [0.15, 0.2) is 4.60 Å². The molecule has 2 aromatic rings. The van der Waals surface area contributed by atoms with Crippen LogP contribution < -0.4 is 5.32 Å². The molecule has 0 aliphatic carbocycles. The Hall–Kier alpha value is -0.370. The van der Waals surface area contributed by atoms with Gasteiger partial charge in [-0.05, 0) is 53.2 Å². The maximum Gasteiger partial charge on any atom is 0.153 e. The van der Waals surface area contributed by atoms with Crippen LogP contribution in [0, 0.1) is 0 Å². The molecule has 1 aromatic heterocycles. The Morgan fingerprint density at radius 1 is 1.29 bits per heavy atom. The summed E-state index contributed by atoms with van der Waals surface area (Å²) in [5.41, 5.74) is 1.09. The van der Waals surface area contributed by atoms with E-state index in [2.05, 4.69) is 78.7 Å². The summed E-state index contributed by atoms with van der Waals surface area (Å²) >= 11 is 8.79. The predicted octanol–water partition coefficient (Wildman–Crippen LogP) is 4.17. The number of hydrogen-bond acceptors (Lipinski definition) is 4. The third-order valence-electron chi connectivity index (χ3n) is 3.03. The van der Waals surface area contributed by atoms with Crippen molar-refractivity contribution in [1.82, 2.24) is 20.3 Å². The van der Waals surface area contributed by atoms with E-state index >= 15 is 0 Å². The van der Waals surface area contributed by atoms with E-state index < -0.39 is 0 Å². The summed E-state index contributed by atoms with van der Waals surface area (Å²) in [6, 6.07) is 8.61. The van der Waals surface area contributed by atoms with Crippen LogP contribution in [0.15, 0.2) is 38.2 Å². The topological polar surface area (TPSA) is 42.7 Å². The van der Waals surface area contributed by atoms with E-state index in [1.54, 1.807) is 0 Å². The smallest absolute Gasteiger partial charge is 0.153 e. The molecule has 0 amide bonds. The van der Waals surface area contributed by atoms with Crippen LogP contribution in [-0.4, -0.2) is 27.3 Å². The summed E-state index contributed by atoms with van der Waals surface area (Å²) in [6.07, 6.45) is 1.10. The Balaban J connectivity index is 2.08. The second-order valence-electron chi connectivity index (χ2n) is 4.66. The molecule has 0 fully saturated rings. The summed E-state index contributed by atoms with van der Waals surface area (Å²) in [7, 11) is 1.93. The van der Waals surface area contributed by atoms with Crippen LogP contribution in [0.3, 0.4) is 0 Å². The first kappa shape index (κ1) is 17.0. The Kier molecular flexibility index (Phi) is 6.73. The molecular weight excluding hydrogens is 416 g/mol. The summed E-state index contributed by atoms with van der Waals surface area (Å²) < 4.78 is 3.75. The van der Waals surface area contributed by atoms with Gasteiger partial charge in [-0.3, -0.25) is 0 Å². The van der Waals surface area contributed by atoms with Crippen molar-refractivity contribution in [3.63, 3.8) is 0 Å². The van der Waals surface area contributed by atoms with Crippen LogP contribution in [0.5, 0.6) is 0 Å². The largest absolute Gasteiger partial charge is 0.308 e. The third-order valence-corrected chi connectivity index (χ3v) is 5.23. The second kappa shape index (κ2) is 8.31. The van der Waals surface area contributed by atoms with Gasteiger partial charge in [0.25, 0.3) is 0 Å². The minimum absolute atomic E-state index is 0.216. The third kappa shape index (κ3) is 4.81. The highest BCUT2D eigenvalue weighted by atomic mass is 79.9. The summed E-state index contributed by atoms with van der Waals surface area (Å²) in [4.78, 5) is 1.26. The molecule has 7 heteroatoms. The maximum absolute atomic E-state index is 4.09. The molecule has 0 bridgehead atoms. The standard InChI is InChI=1S/C14H18Br2N4S/c1-3-8-17-12(13-14(16)18-19-20(13)2)9-21-11-6-4-10(15)5-7-11/h4-7,12,17H,3,8-9H2,1-2H3. The van der Waals surface area contributed by atoms with Gasteiger partial charge in [-0.15, -0.1) is 16.9 Å². The van der Waals surface area contributed by atoms with Gasteiger partial charge in [0.1, 0.15) is 0 Å². The number of rotatable bonds is 7. The number of aromatic nitrogens is 3. The van der Waals surface area contributed by atoms with E-state index in [9.17, 15) is 0 Å². The van der Waals surface area contributed by atoms with Gasteiger partial charge in [0.2, 0.25) is 0 Å². The lowest BCUT2D eigenvalue weighted by molar-refractivity contribution is 0.531. The number of nitrogens with one attached hydrogen (secondary N) is 1. The summed E-state index contributed by atoms with van der Waals surface area (Å²) in [6.45, 7) is 3.14. The Morgan fingerprint density at radius 2 is 2.00 bits per heavy atom. The number of thioether (sulfide) groups is 1. The van der Waals surface area contributed by atoms with Gasteiger partial charge in [0.05, 0.1) is 11.7 Å². The molecule has 0 aliphatic rings. The molecule has 0 spiro atoms.